The maximum atomic E-state index is 14.7. The number of ether oxygens (including phenoxy) is 1. The summed E-state index contributed by atoms with van der Waals surface area (Å²) in [5, 5.41) is -0.527. The van der Waals surface area contributed by atoms with Gasteiger partial charge in [-0.15, -0.1) is 0 Å². The van der Waals surface area contributed by atoms with Gasteiger partial charge in [0.2, 0.25) is 10.0 Å². The Balaban J connectivity index is 1.53. The van der Waals surface area contributed by atoms with E-state index in [-0.39, 0.29) is 16.9 Å². The van der Waals surface area contributed by atoms with Gasteiger partial charge >= 0.3 is 0 Å². The predicted octanol–water partition coefficient (Wildman–Crippen LogP) is 4.27. The number of benzene rings is 1. The molecular weight excluding hydrogens is 381 g/mol. The molecule has 3 aliphatic rings. The lowest BCUT2D eigenvalue weighted by Crippen LogP contribution is -2.34. The maximum absolute atomic E-state index is 14.7. The topological polar surface area (TPSA) is 72.5 Å². The van der Waals surface area contributed by atoms with E-state index in [4.69, 9.17) is 4.74 Å². The van der Waals surface area contributed by atoms with Gasteiger partial charge in [0.15, 0.2) is 0 Å². The zero-order chi connectivity index (χ0) is 19.9. The summed E-state index contributed by atoms with van der Waals surface area (Å²) >= 11 is 0. The third-order valence-electron chi connectivity index (χ3n) is 6.20. The van der Waals surface area contributed by atoms with Crippen molar-refractivity contribution in [3.8, 4) is 5.75 Å². The second kappa shape index (κ2) is 7.32. The fourth-order valence-electron chi connectivity index (χ4n) is 4.03. The van der Waals surface area contributed by atoms with Gasteiger partial charge in [0.25, 0.3) is 5.91 Å². The summed E-state index contributed by atoms with van der Waals surface area (Å²) in [7, 11) is -3.71. The van der Waals surface area contributed by atoms with E-state index in [1.54, 1.807) is 0 Å². The number of hydrogen-bond donors (Lipinski definition) is 1. The Labute approximate surface area is 166 Å². The Morgan fingerprint density at radius 3 is 2.46 bits per heavy atom. The van der Waals surface area contributed by atoms with Crippen LogP contribution in [0.15, 0.2) is 12.1 Å². The molecule has 0 bridgehead atoms. The van der Waals surface area contributed by atoms with E-state index in [1.165, 1.54) is 31.4 Å². The van der Waals surface area contributed by atoms with E-state index in [2.05, 4.69) is 6.92 Å². The second-order valence-electron chi connectivity index (χ2n) is 8.98. The molecule has 5 nitrogen and oxygen atoms in total. The van der Waals surface area contributed by atoms with Crippen molar-refractivity contribution >= 4 is 15.9 Å². The van der Waals surface area contributed by atoms with Gasteiger partial charge in [0, 0.05) is 11.5 Å². The first-order valence-electron chi connectivity index (χ1n) is 10.3. The van der Waals surface area contributed by atoms with Crippen LogP contribution in [-0.2, 0) is 10.0 Å². The number of sulfonamides is 1. The highest BCUT2D eigenvalue weighted by Crippen LogP contribution is 2.46. The normalized spacial score (nSPS) is 21.9. The van der Waals surface area contributed by atoms with Crippen LogP contribution in [0.2, 0.25) is 0 Å². The van der Waals surface area contributed by atoms with Crippen molar-refractivity contribution in [1.82, 2.24) is 4.72 Å². The van der Waals surface area contributed by atoms with Gasteiger partial charge in [-0.25, -0.2) is 17.5 Å². The van der Waals surface area contributed by atoms with Gasteiger partial charge in [0.05, 0.1) is 17.4 Å². The molecule has 1 aromatic rings. The Morgan fingerprint density at radius 2 is 1.86 bits per heavy atom. The zero-order valence-corrected chi connectivity index (χ0v) is 17.1. The molecule has 0 atom stereocenters. The summed E-state index contributed by atoms with van der Waals surface area (Å²) in [5.41, 5.74) is 0.696. The Kier molecular flexibility index (Phi) is 5.14. The molecule has 154 valence electrons. The van der Waals surface area contributed by atoms with E-state index < -0.39 is 27.0 Å². The molecule has 0 aliphatic heterocycles. The minimum atomic E-state index is -3.71. The molecule has 0 unspecified atom stereocenters. The molecule has 1 amide bonds. The van der Waals surface area contributed by atoms with Crippen LogP contribution in [-0.4, -0.2) is 26.2 Å². The van der Waals surface area contributed by atoms with E-state index in [0.717, 1.165) is 31.2 Å². The van der Waals surface area contributed by atoms with Crippen LogP contribution in [0.25, 0.3) is 0 Å². The fraction of sp³-hybridized carbons (Fsp3) is 0.667. The fourth-order valence-corrected chi connectivity index (χ4v) is 5.32. The van der Waals surface area contributed by atoms with Crippen LogP contribution in [0.1, 0.15) is 86.6 Å². The maximum Gasteiger partial charge on any atom is 0.267 e. The van der Waals surface area contributed by atoms with Crippen LogP contribution in [0.4, 0.5) is 4.39 Å². The van der Waals surface area contributed by atoms with E-state index in [9.17, 15) is 17.6 Å². The molecule has 3 aliphatic carbocycles. The first-order valence-corrected chi connectivity index (χ1v) is 11.8. The standard InChI is InChI=1S/C21H28FNO4S/c1-21(9-3-2-4-10-21)13-27-19-12-18(22)17(11-16(19)14-5-6-14)20(24)23-28(25,26)15-7-8-15/h11-12,14-15H,2-10,13H2,1H3,(H,23,24). The molecule has 0 radical (unpaired) electrons. The van der Waals surface area contributed by atoms with Crippen LogP contribution < -0.4 is 9.46 Å². The van der Waals surface area contributed by atoms with Gasteiger partial charge in [-0.05, 0) is 56.1 Å². The first kappa shape index (κ1) is 19.7. The number of rotatable bonds is 7. The Bertz CT molecular complexity index is 869. The van der Waals surface area contributed by atoms with Crippen LogP contribution in [0.3, 0.4) is 0 Å². The van der Waals surface area contributed by atoms with Crippen molar-refractivity contribution in [2.45, 2.75) is 75.9 Å². The van der Waals surface area contributed by atoms with Crippen molar-refractivity contribution in [2.75, 3.05) is 6.61 Å². The lowest BCUT2D eigenvalue weighted by atomic mass is 9.76. The lowest BCUT2D eigenvalue weighted by molar-refractivity contribution is 0.0976. The lowest BCUT2D eigenvalue weighted by Gasteiger charge is -2.33. The molecule has 0 spiro atoms. The van der Waals surface area contributed by atoms with Crippen molar-refractivity contribution in [2.24, 2.45) is 5.41 Å². The molecule has 1 N–H and O–H groups in total. The monoisotopic (exact) mass is 409 g/mol. The molecule has 0 aromatic heterocycles. The summed E-state index contributed by atoms with van der Waals surface area (Å²) < 4.78 is 46.8. The molecule has 0 saturated heterocycles. The van der Waals surface area contributed by atoms with Crippen molar-refractivity contribution in [3.63, 3.8) is 0 Å². The van der Waals surface area contributed by atoms with Gasteiger partial charge in [-0.3, -0.25) is 4.79 Å². The van der Waals surface area contributed by atoms with Crippen molar-refractivity contribution in [1.29, 1.82) is 0 Å². The van der Waals surface area contributed by atoms with Crippen LogP contribution in [0.5, 0.6) is 5.75 Å². The third kappa shape index (κ3) is 4.34. The van der Waals surface area contributed by atoms with Crippen LogP contribution in [0, 0.1) is 11.2 Å². The highest BCUT2D eigenvalue weighted by molar-refractivity contribution is 7.91. The molecule has 28 heavy (non-hydrogen) atoms. The highest BCUT2D eigenvalue weighted by Gasteiger charge is 2.38. The molecular formula is C21H28FNO4S. The van der Waals surface area contributed by atoms with Gasteiger partial charge in [-0.1, -0.05) is 26.2 Å². The van der Waals surface area contributed by atoms with E-state index in [1.807, 2.05) is 4.72 Å². The second-order valence-corrected chi connectivity index (χ2v) is 10.9. The Hall–Kier alpha value is -1.63. The third-order valence-corrected chi connectivity index (χ3v) is 8.02. The number of carbonyl (C=O) groups is 1. The summed E-state index contributed by atoms with van der Waals surface area (Å²) in [6, 6.07) is 2.75. The van der Waals surface area contributed by atoms with Crippen molar-refractivity contribution < 1.29 is 22.3 Å². The molecule has 4 rings (SSSR count). The van der Waals surface area contributed by atoms with Crippen LogP contribution >= 0.6 is 0 Å². The predicted molar refractivity (Wildman–Crippen MR) is 104 cm³/mol. The average molecular weight is 410 g/mol. The minimum absolute atomic E-state index is 0.101. The summed E-state index contributed by atoms with van der Waals surface area (Å²) in [4.78, 5) is 12.4. The summed E-state index contributed by atoms with van der Waals surface area (Å²) in [5.74, 6) is -0.886. The number of hydrogen-bond acceptors (Lipinski definition) is 4. The largest absolute Gasteiger partial charge is 0.493 e. The van der Waals surface area contributed by atoms with Gasteiger partial charge in [-0.2, -0.15) is 0 Å². The van der Waals surface area contributed by atoms with E-state index in [0.29, 0.717) is 25.2 Å². The van der Waals surface area contributed by atoms with Gasteiger partial charge in [0.1, 0.15) is 11.6 Å². The smallest absolute Gasteiger partial charge is 0.267 e. The molecule has 0 heterocycles. The molecule has 1 aromatic carbocycles. The first-order chi connectivity index (χ1) is 13.3. The average Bonchev–Trinajstić information content (AvgIpc) is 3.52. The number of carbonyl (C=O) groups excluding carboxylic acids is 1. The highest BCUT2D eigenvalue weighted by atomic mass is 32.2. The quantitative estimate of drug-likeness (QED) is 0.730. The van der Waals surface area contributed by atoms with Crippen molar-refractivity contribution in [3.05, 3.63) is 29.1 Å². The summed E-state index contributed by atoms with van der Waals surface area (Å²) in [6.45, 7) is 2.75. The SMILES string of the molecule is CC1(COc2cc(F)c(C(=O)NS(=O)(=O)C3CC3)cc2C2CC2)CCCCC1. The molecule has 7 heteroatoms. The number of amides is 1. The Morgan fingerprint density at radius 1 is 1.18 bits per heavy atom. The minimum Gasteiger partial charge on any atom is -0.493 e. The molecule has 3 fully saturated rings. The zero-order valence-electron chi connectivity index (χ0n) is 16.3. The number of nitrogens with one attached hydrogen (secondary N) is 1. The molecule has 3 saturated carbocycles. The number of halogens is 1. The van der Waals surface area contributed by atoms with E-state index >= 15 is 0 Å². The summed E-state index contributed by atoms with van der Waals surface area (Å²) in [6.07, 6.45) is 8.89. The van der Waals surface area contributed by atoms with Gasteiger partial charge < -0.3 is 4.74 Å².